The molecule has 1 aromatic rings. The fourth-order valence-corrected chi connectivity index (χ4v) is 2.70. The number of benzene rings is 1. The monoisotopic (exact) mass is 330 g/mol. The van der Waals surface area contributed by atoms with Gasteiger partial charge in [0.2, 0.25) is 0 Å². The first-order chi connectivity index (χ1) is 9.93. The van der Waals surface area contributed by atoms with Crippen molar-refractivity contribution in [3.63, 3.8) is 0 Å². The van der Waals surface area contributed by atoms with Gasteiger partial charge in [-0.2, -0.15) is 0 Å². The molecule has 2 rings (SSSR count). The fourth-order valence-electron chi connectivity index (χ4n) is 1.69. The molecule has 0 aromatic heterocycles. The van der Waals surface area contributed by atoms with Crippen molar-refractivity contribution in [2.24, 2.45) is 0 Å². The van der Waals surface area contributed by atoms with Crippen LogP contribution < -0.4 is 5.73 Å². The third-order valence-electron chi connectivity index (χ3n) is 2.64. The van der Waals surface area contributed by atoms with Crippen LogP contribution >= 0.6 is 23.4 Å². The summed E-state index contributed by atoms with van der Waals surface area (Å²) in [7, 11) is 0. The number of halogens is 1. The van der Waals surface area contributed by atoms with Gasteiger partial charge in [0.15, 0.2) is 4.87 Å². The largest absolute Gasteiger partial charge is 0.356 e. The SMILES string of the molecule is [NH3+]CCN1C(=O)S/C(=C\c2ccc(Cl)c([N+](=O)[O-])c2)[N+]1=O. The molecule has 1 aliphatic rings. The fraction of sp³-hybridized carbons (Fsp3) is 0.182. The maximum absolute atomic E-state index is 11.9. The number of hydrazine groups is 1. The van der Waals surface area contributed by atoms with Gasteiger partial charge < -0.3 is 5.73 Å². The second-order valence-corrected chi connectivity index (χ2v) is 5.45. The Balaban J connectivity index is 2.33. The minimum Gasteiger partial charge on any atom is -0.356 e. The van der Waals surface area contributed by atoms with E-state index in [4.69, 9.17) is 11.6 Å². The number of nitro groups is 1. The van der Waals surface area contributed by atoms with Crippen LogP contribution in [-0.4, -0.2) is 33.1 Å². The zero-order valence-electron chi connectivity index (χ0n) is 10.7. The van der Waals surface area contributed by atoms with E-state index in [0.717, 1.165) is 16.8 Å². The number of nitro benzene ring substituents is 1. The third-order valence-corrected chi connectivity index (χ3v) is 3.83. The van der Waals surface area contributed by atoms with Crippen molar-refractivity contribution in [2.75, 3.05) is 13.1 Å². The van der Waals surface area contributed by atoms with Gasteiger partial charge in [-0.25, -0.2) is 0 Å². The lowest BCUT2D eigenvalue weighted by Gasteiger charge is -1.99. The standard InChI is InChI=1S/C11H10ClN4O4S/c12-8-2-1-7(5-9(8)16(19)20)6-10-15(18)14(4-3-13)11(17)21-10/h1-2,5-6H,3-4,13H2/q+1/p+1/b10-6-. The number of rotatable bonds is 4. The van der Waals surface area contributed by atoms with Gasteiger partial charge in [0, 0.05) is 12.1 Å². The highest BCUT2D eigenvalue weighted by molar-refractivity contribution is 8.16. The molecule has 0 aliphatic carbocycles. The van der Waals surface area contributed by atoms with Crippen LogP contribution in [0.25, 0.3) is 6.08 Å². The van der Waals surface area contributed by atoms with Crippen LogP contribution in [0.2, 0.25) is 5.02 Å². The number of amides is 1. The number of carbonyl (C=O) groups is 1. The van der Waals surface area contributed by atoms with Gasteiger partial charge >= 0.3 is 10.3 Å². The van der Waals surface area contributed by atoms with Crippen molar-refractivity contribution in [2.45, 2.75) is 0 Å². The molecular weight excluding hydrogens is 320 g/mol. The van der Waals surface area contributed by atoms with Gasteiger partial charge in [-0.05, 0) is 16.6 Å². The van der Waals surface area contributed by atoms with Crippen molar-refractivity contribution in [1.82, 2.24) is 5.01 Å². The summed E-state index contributed by atoms with van der Waals surface area (Å²) in [5, 5.41) is 11.6. The zero-order chi connectivity index (χ0) is 15.6. The number of carbonyl (C=O) groups excluding carboxylic acids is 1. The lowest BCUT2D eigenvalue weighted by atomic mass is 10.2. The summed E-state index contributed by atoms with van der Waals surface area (Å²) < 4.78 is 0. The predicted molar refractivity (Wildman–Crippen MR) is 77.2 cm³/mol. The Bertz CT molecular complexity index is 664. The number of thioether (sulfide) groups is 1. The molecular formula is C11H11ClN4O4S+2. The van der Waals surface area contributed by atoms with Gasteiger partial charge in [-0.3, -0.25) is 14.9 Å². The van der Waals surface area contributed by atoms with Gasteiger partial charge in [0.05, 0.1) is 28.1 Å². The Kier molecular flexibility index (Phi) is 4.56. The molecule has 1 amide bonds. The van der Waals surface area contributed by atoms with Gasteiger partial charge in [-0.1, -0.05) is 17.7 Å². The second kappa shape index (κ2) is 6.20. The highest BCUT2D eigenvalue weighted by atomic mass is 35.5. The lowest BCUT2D eigenvalue weighted by Crippen LogP contribution is -2.55. The maximum atomic E-state index is 11.9. The van der Waals surface area contributed by atoms with Crippen molar-refractivity contribution in [3.05, 3.63) is 48.8 Å². The van der Waals surface area contributed by atoms with E-state index < -0.39 is 10.2 Å². The summed E-state index contributed by atoms with van der Waals surface area (Å²) in [5.74, 6) is 0. The molecule has 0 saturated carbocycles. The molecule has 0 radical (unpaired) electrons. The summed E-state index contributed by atoms with van der Waals surface area (Å²) in [6, 6.07) is 4.15. The maximum Gasteiger partial charge on any atom is 0.350 e. The summed E-state index contributed by atoms with van der Waals surface area (Å²) >= 11 is 6.48. The molecule has 1 saturated heterocycles. The number of hydrogen-bond acceptors (Lipinski definition) is 5. The first-order valence-corrected chi connectivity index (χ1v) is 7.05. The average molecular weight is 331 g/mol. The number of nitroso groups, excluding NO2 is 1. The molecule has 110 valence electrons. The lowest BCUT2D eigenvalue weighted by molar-refractivity contribution is -0.633. The van der Waals surface area contributed by atoms with Gasteiger partial charge in [0.25, 0.3) is 5.69 Å². The molecule has 1 fully saturated rings. The highest BCUT2D eigenvalue weighted by Gasteiger charge is 2.44. The minimum atomic E-state index is -0.610. The van der Waals surface area contributed by atoms with Crippen LogP contribution in [-0.2, 0) is 0 Å². The van der Waals surface area contributed by atoms with E-state index >= 15 is 0 Å². The summed E-state index contributed by atoms with van der Waals surface area (Å²) in [6.45, 7) is 0.623. The van der Waals surface area contributed by atoms with E-state index in [0.29, 0.717) is 17.0 Å². The quantitative estimate of drug-likeness (QED) is 0.512. The van der Waals surface area contributed by atoms with Crippen LogP contribution in [0.5, 0.6) is 0 Å². The number of quaternary nitrogens is 1. The molecule has 1 aliphatic heterocycles. The van der Waals surface area contributed by atoms with Crippen molar-refractivity contribution >= 4 is 40.4 Å². The Morgan fingerprint density at radius 3 is 2.86 bits per heavy atom. The van der Waals surface area contributed by atoms with Crippen LogP contribution in [0.4, 0.5) is 10.5 Å². The smallest absolute Gasteiger partial charge is 0.350 e. The first-order valence-electron chi connectivity index (χ1n) is 5.85. The van der Waals surface area contributed by atoms with Gasteiger partial charge in [-0.15, -0.1) is 0 Å². The molecule has 1 heterocycles. The zero-order valence-corrected chi connectivity index (χ0v) is 12.3. The topological polar surface area (TPSA) is 111 Å². The van der Waals surface area contributed by atoms with E-state index in [2.05, 4.69) is 5.73 Å². The molecule has 3 N–H and O–H groups in total. The second-order valence-electron chi connectivity index (χ2n) is 4.07. The summed E-state index contributed by atoms with van der Waals surface area (Å²) in [5.41, 5.74) is 3.75. The minimum absolute atomic E-state index is 0.00923. The third kappa shape index (κ3) is 3.20. The predicted octanol–water partition coefficient (Wildman–Crippen LogP) is 1.65. The van der Waals surface area contributed by atoms with Crippen molar-refractivity contribution < 1.29 is 20.3 Å². The molecule has 0 spiro atoms. The number of hydrogen-bond donors (Lipinski definition) is 1. The molecule has 21 heavy (non-hydrogen) atoms. The van der Waals surface area contributed by atoms with Crippen molar-refractivity contribution in [1.29, 1.82) is 0 Å². The Morgan fingerprint density at radius 2 is 2.24 bits per heavy atom. The molecule has 1 aromatic carbocycles. The van der Waals surface area contributed by atoms with Crippen LogP contribution in [0, 0.1) is 15.0 Å². The average Bonchev–Trinajstić information content (AvgIpc) is 2.69. The Morgan fingerprint density at radius 1 is 1.52 bits per heavy atom. The van der Waals surface area contributed by atoms with E-state index in [-0.39, 0.29) is 22.3 Å². The highest BCUT2D eigenvalue weighted by Crippen LogP contribution is 2.33. The van der Waals surface area contributed by atoms with Crippen LogP contribution in [0.15, 0.2) is 23.2 Å². The Hall–Kier alpha value is -1.97. The molecule has 10 heteroatoms. The van der Waals surface area contributed by atoms with Crippen molar-refractivity contribution in [3.8, 4) is 0 Å². The van der Waals surface area contributed by atoms with Crippen LogP contribution in [0.1, 0.15) is 5.56 Å². The summed E-state index contributed by atoms with van der Waals surface area (Å²) in [4.78, 5) is 34.3. The molecule has 8 nitrogen and oxygen atoms in total. The van der Waals surface area contributed by atoms with Crippen LogP contribution in [0.3, 0.4) is 0 Å². The van der Waals surface area contributed by atoms with Gasteiger partial charge in [0.1, 0.15) is 11.6 Å². The van der Waals surface area contributed by atoms with E-state index in [1.807, 2.05) is 0 Å². The summed E-state index contributed by atoms with van der Waals surface area (Å²) in [6.07, 6.45) is 1.40. The number of nitrogens with zero attached hydrogens (tertiary/aromatic N) is 3. The van der Waals surface area contributed by atoms with E-state index in [1.54, 1.807) is 0 Å². The molecule has 0 atom stereocenters. The molecule has 0 unspecified atom stereocenters. The Labute approximate surface area is 128 Å². The first kappa shape index (κ1) is 15.4. The van der Waals surface area contributed by atoms with E-state index in [1.165, 1.54) is 24.3 Å². The molecule has 0 bridgehead atoms. The van der Waals surface area contributed by atoms with E-state index in [9.17, 15) is 19.8 Å². The normalized spacial score (nSPS) is 16.9.